The fraction of sp³-hybridized carbons (Fsp3) is 0. The van der Waals surface area contributed by atoms with E-state index in [1.54, 1.807) is 6.07 Å². The van der Waals surface area contributed by atoms with Crippen LogP contribution in [0.15, 0.2) is 64.4 Å². The summed E-state index contributed by atoms with van der Waals surface area (Å²) in [5.74, 6) is -2.93. The topological polar surface area (TPSA) is 202 Å². The number of aromatic carboxylic acids is 1. The second-order valence-corrected chi connectivity index (χ2v) is 10.8. The second kappa shape index (κ2) is 7.66. The lowest BCUT2D eigenvalue weighted by molar-refractivity contribution is 0.0695. The Morgan fingerprint density at radius 3 is 2.08 bits per heavy atom. The van der Waals surface area contributed by atoms with Crippen molar-refractivity contribution < 1.29 is 46.1 Å². The summed E-state index contributed by atoms with van der Waals surface area (Å²) in [7, 11) is -9.44. The van der Waals surface area contributed by atoms with Crippen LogP contribution in [0.3, 0.4) is 0 Å². The molecule has 5 aromatic rings. The van der Waals surface area contributed by atoms with Gasteiger partial charge in [-0.3, -0.25) is 9.11 Å². The van der Waals surface area contributed by atoms with E-state index in [1.165, 1.54) is 42.5 Å². The first-order valence-electron chi connectivity index (χ1n) is 10.0. The lowest BCUT2D eigenvalue weighted by Crippen LogP contribution is -2.05. The van der Waals surface area contributed by atoms with Crippen molar-refractivity contribution >= 4 is 58.8 Å². The average Bonchev–Trinajstić information content (AvgIpc) is 3.14. The van der Waals surface area contributed by atoms with Crippen molar-refractivity contribution in [3.63, 3.8) is 0 Å². The van der Waals surface area contributed by atoms with Crippen LogP contribution in [0, 0.1) is 0 Å². The molecule has 0 unspecified atom stereocenters. The van der Waals surface area contributed by atoms with Crippen LogP contribution in [0.2, 0.25) is 0 Å². The molecule has 0 amide bonds. The van der Waals surface area contributed by atoms with Crippen molar-refractivity contribution in [2.45, 2.75) is 9.79 Å². The van der Waals surface area contributed by atoms with Gasteiger partial charge in [-0.1, -0.05) is 18.2 Å². The van der Waals surface area contributed by atoms with E-state index in [2.05, 4.69) is 4.98 Å². The van der Waals surface area contributed by atoms with Crippen LogP contribution in [0.25, 0.3) is 43.7 Å². The number of hydrogen-bond donors (Lipinski definition) is 6. The first-order valence-corrected chi connectivity index (χ1v) is 12.9. The summed E-state index contributed by atoms with van der Waals surface area (Å²) >= 11 is 0. The van der Waals surface area contributed by atoms with Gasteiger partial charge in [-0.15, -0.1) is 0 Å². The quantitative estimate of drug-likeness (QED) is 0.186. The first kappa shape index (κ1) is 23.6. The van der Waals surface area contributed by atoms with E-state index in [0.717, 1.165) is 6.07 Å². The maximum Gasteiger partial charge on any atom is 0.340 e. The summed E-state index contributed by atoms with van der Waals surface area (Å²) in [6.45, 7) is 0. The first-order chi connectivity index (χ1) is 16.8. The summed E-state index contributed by atoms with van der Waals surface area (Å²) < 4.78 is 65.4. The van der Waals surface area contributed by atoms with Gasteiger partial charge in [-0.2, -0.15) is 16.8 Å². The molecule has 0 atom stereocenters. The molecule has 0 fully saturated rings. The summed E-state index contributed by atoms with van der Waals surface area (Å²) in [6, 6.07) is 12.0. The number of aromatic hydroxyl groups is 2. The maximum absolute atomic E-state index is 11.8. The van der Waals surface area contributed by atoms with Gasteiger partial charge in [0.15, 0.2) is 5.75 Å². The molecule has 13 heteroatoms. The minimum absolute atomic E-state index is 0.0164. The van der Waals surface area contributed by atoms with Gasteiger partial charge < -0.3 is 20.3 Å². The molecule has 4 aromatic carbocycles. The number of carboxylic acid groups (broad SMARTS) is 1. The van der Waals surface area contributed by atoms with E-state index in [4.69, 9.17) is 0 Å². The van der Waals surface area contributed by atoms with Gasteiger partial charge in [0.2, 0.25) is 0 Å². The molecule has 0 aliphatic carbocycles. The van der Waals surface area contributed by atoms with Gasteiger partial charge >= 0.3 is 5.97 Å². The van der Waals surface area contributed by atoms with Gasteiger partial charge in [0.05, 0.1) is 10.4 Å². The Bertz CT molecular complexity index is 1990. The Morgan fingerprint density at radius 2 is 1.44 bits per heavy atom. The SMILES string of the molecule is O=C(O)c1c(O)c(S(=O)(=O)O)cc2cc(-c3c(O)ccc4c3[nH]c3cc(S(=O)(=O)O)ccc34)ccc12. The number of phenolic OH excluding ortho intramolecular Hbond substituents is 1. The monoisotopic (exact) mass is 529 g/mol. The third kappa shape index (κ3) is 3.61. The second-order valence-electron chi connectivity index (χ2n) is 8.00. The largest absolute Gasteiger partial charge is 0.507 e. The minimum atomic E-state index is -4.97. The molecule has 0 saturated carbocycles. The predicted octanol–water partition coefficient (Wildman–Crippen LogP) is 3.74. The molecular weight excluding hydrogens is 514 g/mol. The van der Waals surface area contributed by atoms with Gasteiger partial charge in [-0.05, 0) is 47.3 Å². The van der Waals surface area contributed by atoms with Gasteiger partial charge in [0.25, 0.3) is 20.2 Å². The highest BCUT2D eigenvalue weighted by molar-refractivity contribution is 7.86. The van der Waals surface area contributed by atoms with E-state index >= 15 is 0 Å². The summed E-state index contributed by atoms with van der Waals surface area (Å²) in [6.07, 6.45) is 0. The predicted molar refractivity (Wildman–Crippen MR) is 129 cm³/mol. The van der Waals surface area contributed by atoms with Crippen LogP contribution in [-0.4, -0.2) is 52.2 Å². The fourth-order valence-corrected chi connectivity index (χ4v) is 5.46. The smallest absolute Gasteiger partial charge is 0.340 e. The molecule has 1 aromatic heterocycles. The van der Waals surface area contributed by atoms with Gasteiger partial charge in [-0.25, -0.2) is 4.79 Å². The van der Waals surface area contributed by atoms with E-state index < -0.39 is 42.4 Å². The van der Waals surface area contributed by atoms with Gasteiger partial charge in [0, 0.05) is 27.2 Å². The fourth-order valence-electron chi connectivity index (χ4n) is 4.33. The highest BCUT2D eigenvalue weighted by Gasteiger charge is 2.25. The van der Waals surface area contributed by atoms with Crippen molar-refractivity contribution in [3.05, 3.63) is 60.2 Å². The van der Waals surface area contributed by atoms with Crippen LogP contribution in [-0.2, 0) is 20.2 Å². The number of fused-ring (bicyclic) bond motifs is 4. The van der Waals surface area contributed by atoms with E-state index in [-0.39, 0.29) is 27.0 Å². The number of benzene rings is 4. The van der Waals surface area contributed by atoms with Crippen LogP contribution in [0.1, 0.15) is 10.4 Å². The summed E-state index contributed by atoms with van der Waals surface area (Å²) in [5, 5.41) is 31.6. The molecule has 0 bridgehead atoms. The molecule has 11 nitrogen and oxygen atoms in total. The standard InChI is InChI=1S/C23H15NO10S2/c25-17-6-5-15-14-4-2-12(35(29,30)31)9-16(14)24-21(15)19(17)10-1-3-13-11(7-10)8-18(36(32,33)34)22(26)20(13)23(27)28/h1-9,24-26H,(H,27,28)(H,29,30,31)(H,32,33,34). The zero-order valence-corrected chi connectivity index (χ0v) is 19.4. The molecule has 0 aliphatic rings. The zero-order valence-electron chi connectivity index (χ0n) is 17.8. The van der Waals surface area contributed by atoms with Crippen molar-refractivity contribution in [2.24, 2.45) is 0 Å². The zero-order chi connectivity index (χ0) is 26.2. The molecule has 184 valence electrons. The number of rotatable bonds is 4. The Hall–Kier alpha value is -4.17. The van der Waals surface area contributed by atoms with E-state index in [9.17, 15) is 46.1 Å². The lowest BCUT2D eigenvalue weighted by Gasteiger charge is -2.12. The molecule has 0 saturated heterocycles. The average molecular weight is 530 g/mol. The summed E-state index contributed by atoms with van der Waals surface area (Å²) in [4.78, 5) is 13.4. The van der Waals surface area contributed by atoms with Gasteiger partial charge in [0.1, 0.15) is 16.2 Å². The van der Waals surface area contributed by atoms with E-state index in [0.29, 0.717) is 27.4 Å². The lowest BCUT2D eigenvalue weighted by atomic mass is 9.96. The minimum Gasteiger partial charge on any atom is -0.507 e. The molecule has 0 spiro atoms. The molecule has 0 aliphatic heterocycles. The third-order valence-electron chi connectivity index (χ3n) is 5.88. The van der Waals surface area contributed by atoms with Crippen LogP contribution in [0.5, 0.6) is 11.5 Å². The van der Waals surface area contributed by atoms with Crippen LogP contribution < -0.4 is 0 Å². The highest BCUT2D eigenvalue weighted by Crippen LogP contribution is 2.42. The number of carboxylic acids is 1. The number of carbonyl (C=O) groups is 1. The molecular formula is C23H15NO10S2. The molecule has 1 heterocycles. The Kier molecular flexibility index (Phi) is 5.02. The molecule has 5 rings (SSSR count). The van der Waals surface area contributed by atoms with Crippen molar-refractivity contribution in [1.29, 1.82) is 0 Å². The van der Waals surface area contributed by atoms with Crippen molar-refractivity contribution in [1.82, 2.24) is 4.98 Å². The molecule has 0 radical (unpaired) electrons. The number of H-pyrrole nitrogens is 1. The molecule has 6 N–H and O–H groups in total. The highest BCUT2D eigenvalue weighted by atomic mass is 32.2. The van der Waals surface area contributed by atoms with Crippen molar-refractivity contribution in [2.75, 3.05) is 0 Å². The number of aromatic amines is 1. The summed E-state index contributed by atoms with van der Waals surface area (Å²) in [5.41, 5.74) is 0.550. The van der Waals surface area contributed by atoms with Crippen LogP contribution >= 0.6 is 0 Å². The van der Waals surface area contributed by atoms with E-state index in [1.807, 2.05) is 0 Å². The normalized spacial score (nSPS) is 12.5. The Morgan fingerprint density at radius 1 is 0.778 bits per heavy atom. The number of nitrogens with one attached hydrogen (secondary N) is 1. The third-order valence-corrected chi connectivity index (χ3v) is 7.60. The number of phenols is 2. The van der Waals surface area contributed by atoms with Crippen LogP contribution in [0.4, 0.5) is 0 Å². The molecule has 36 heavy (non-hydrogen) atoms. The maximum atomic E-state index is 11.8. The number of hydrogen-bond acceptors (Lipinski definition) is 7. The Labute approximate surface area is 202 Å². The number of aromatic nitrogens is 1. The Balaban J connectivity index is 1.84. The van der Waals surface area contributed by atoms with Crippen molar-refractivity contribution in [3.8, 4) is 22.6 Å².